The first kappa shape index (κ1) is 12.0. The molecule has 4 nitrogen and oxygen atoms in total. The Morgan fingerprint density at radius 1 is 1.29 bits per heavy atom. The summed E-state index contributed by atoms with van der Waals surface area (Å²) in [6, 6.07) is 3.54. The fraction of sp³-hybridized carbons (Fsp3) is 0.538. The van der Waals surface area contributed by atoms with Crippen molar-refractivity contribution in [3.8, 4) is 0 Å². The molecule has 17 heavy (non-hydrogen) atoms. The van der Waals surface area contributed by atoms with Crippen molar-refractivity contribution in [1.29, 1.82) is 0 Å². The maximum Gasteiger partial charge on any atom is 0.254 e. The molecule has 1 aromatic heterocycles. The minimum atomic E-state index is 0.0426. The van der Waals surface area contributed by atoms with Crippen LogP contribution in [0.25, 0.3) is 0 Å². The van der Waals surface area contributed by atoms with Gasteiger partial charge in [-0.15, -0.1) is 0 Å². The second-order valence-corrected chi connectivity index (χ2v) is 5.20. The van der Waals surface area contributed by atoms with Crippen molar-refractivity contribution in [2.24, 2.45) is 0 Å². The van der Waals surface area contributed by atoms with Crippen LogP contribution < -0.4 is 0 Å². The molecule has 0 bridgehead atoms. The van der Waals surface area contributed by atoms with Crippen molar-refractivity contribution in [3.05, 3.63) is 30.1 Å². The normalized spacial score (nSPS) is 20.3. The molecule has 0 N–H and O–H groups in total. The monoisotopic (exact) mass is 233 g/mol. The van der Waals surface area contributed by atoms with Gasteiger partial charge in [-0.25, -0.2) is 0 Å². The molecule has 0 aliphatic carbocycles. The molecule has 1 aliphatic rings. The van der Waals surface area contributed by atoms with Gasteiger partial charge in [-0.3, -0.25) is 14.7 Å². The first-order chi connectivity index (χ1) is 8.00. The van der Waals surface area contributed by atoms with Gasteiger partial charge in [0.1, 0.15) is 0 Å². The van der Waals surface area contributed by atoms with Gasteiger partial charge < -0.3 is 4.90 Å². The quantitative estimate of drug-likeness (QED) is 0.732. The van der Waals surface area contributed by atoms with Crippen LogP contribution in [0.15, 0.2) is 24.5 Å². The predicted octanol–water partition coefficient (Wildman–Crippen LogP) is 1.25. The van der Waals surface area contributed by atoms with Gasteiger partial charge in [-0.05, 0) is 33.0 Å². The molecular weight excluding hydrogens is 214 g/mol. The fourth-order valence-corrected chi connectivity index (χ4v) is 2.09. The van der Waals surface area contributed by atoms with E-state index in [1.807, 2.05) is 4.90 Å². The van der Waals surface area contributed by atoms with Crippen molar-refractivity contribution < 1.29 is 4.79 Å². The summed E-state index contributed by atoms with van der Waals surface area (Å²) in [6.07, 6.45) is 3.32. The van der Waals surface area contributed by atoms with Crippen LogP contribution in [-0.2, 0) is 0 Å². The number of carbonyl (C=O) groups excluding carboxylic acids is 1. The molecule has 2 rings (SSSR count). The Balaban J connectivity index is 2.12. The summed E-state index contributed by atoms with van der Waals surface area (Å²) in [6.45, 7) is 6.81. The predicted molar refractivity (Wildman–Crippen MR) is 66.8 cm³/mol. The van der Waals surface area contributed by atoms with Crippen LogP contribution >= 0.6 is 0 Å². The molecule has 4 heteroatoms. The minimum Gasteiger partial charge on any atom is -0.336 e. The number of hydrogen-bond donors (Lipinski definition) is 0. The maximum absolute atomic E-state index is 12.3. The Morgan fingerprint density at radius 2 is 1.94 bits per heavy atom. The maximum atomic E-state index is 12.3. The highest BCUT2D eigenvalue weighted by atomic mass is 16.2. The molecule has 0 radical (unpaired) electrons. The number of hydrogen-bond acceptors (Lipinski definition) is 3. The number of aromatic nitrogens is 1. The summed E-state index contributed by atoms with van der Waals surface area (Å²) >= 11 is 0. The minimum absolute atomic E-state index is 0.0426. The Bertz CT molecular complexity index is 402. The highest BCUT2D eigenvalue weighted by Crippen LogP contribution is 2.20. The number of pyridine rings is 1. The first-order valence-corrected chi connectivity index (χ1v) is 5.91. The molecule has 1 aliphatic heterocycles. The number of rotatable bonds is 1. The molecule has 1 aromatic rings. The van der Waals surface area contributed by atoms with Crippen LogP contribution in [-0.4, -0.2) is 52.9 Å². The Morgan fingerprint density at radius 3 is 2.53 bits per heavy atom. The topological polar surface area (TPSA) is 36.4 Å². The third kappa shape index (κ3) is 2.47. The lowest BCUT2D eigenvalue weighted by molar-refractivity contribution is 0.0311. The summed E-state index contributed by atoms with van der Waals surface area (Å²) in [7, 11) is 2.11. The number of nitrogens with zero attached hydrogens (tertiary/aromatic N) is 3. The van der Waals surface area contributed by atoms with Gasteiger partial charge >= 0.3 is 0 Å². The summed E-state index contributed by atoms with van der Waals surface area (Å²) in [5, 5.41) is 0. The summed E-state index contributed by atoms with van der Waals surface area (Å²) in [5.74, 6) is 0.105. The van der Waals surface area contributed by atoms with Gasteiger partial charge in [0, 0.05) is 43.1 Å². The molecule has 0 atom stereocenters. The van der Waals surface area contributed by atoms with Gasteiger partial charge in [-0.1, -0.05) is 0 Å². The zero-order valence-corrected chi connectivity index (χ0v) is 10.7. The highest BCUT2D eigenvalue weighted by molar-refractivity contribution is 5.94. The van der Waals surface area contributed by atoms with E-state index >= 15 is 0 Å². The van der Waals surface area contributed by atoms with Gasteiger partial charge in [-0.2, -0.15) is 0 Å². The lowest BCUT2D eigenvalue weighted by Gasteiger charge is -2.45. The van der Waals surface area contributed by atoms with E-state index in [0.717, 1.165) is 25.2 Å². The molecule has 0 spiro atoms. The van der Waals surface area contributed by atoms with Crippen LogP contribution in [0, 0.1) is 0 Å². The zero-order valence-electron chi connectivity index (χ0n) is 10.7. The van der Waals surface area contributed by atoms with E-state index in [4.69, 9.17) is 0 Å². The lowest BCUT2D eigenvalue weighted by Crippen LogP contribution is -2.58. The third-order valence-corrected chi connectivity index (χ3v) is 3.53. The average molecular weight is 233 g/mol. The van der Waals surface area contributed by atoms with E-state index in [-0.39, 0.29) is 11.4 Å². The van der Waals surface area contributed by atoms with E-state index in [0.29, 0.717) is 0 Å². The molecule has 1 amide bonds. The summed E-state index contributed by atoms with van der Waals surface area (Å²) in [4.78, 5) is 20.4. The van der Waals surface area contributed by atoms with Crippen molar-refractivity contribution in [2.45, 2.75) is 19.4 Å². The third-order valence-electron chi connectivity index (χ3n) is 3.53. The van der Waals surface area contributed by atoms with Crippen molar-refractivity contribution in [1.82, 2.24) is 14.8 Å². The number of amides is 1. The second kappa shape index (κ2) is 4.45. The van der Waals surface area contributed by atoms with Gasteiger partial charge in [0.05, 0.1) is 0 Å². The lowest BCUT2D eigenvalue weighted by atomic mass is 9.99. The summed E-state index contributed by atoms with van der Waals surface area (Å²) < 4.78 is 0. The SMILES string of the molecule is CN1CCN(C(=O)c2ccncc2)CC1(C)C. The fourth-order valence-electron chi connectivity index (χ4n) is 2.09. The average Bonchev–Trinajstić information content (AvgIpc) is 2.33. The smallest absolute Gasteiger partial charge is 0.254 e. The molecule has 2 heterocycles. The van der Waals surface area contributed by atoms with Crippen molar-refractivity contribution >= 4 is 5.91 Å². The largest absolute Gasteiger partial charge is 0.336 e. The van der Waals surface area contributed by atoms with E-state index in [2.05, 4.69) is 30.8 Å². The standard InChI is InChI=1S/C13H19N3O/c1-13(2)10-16(9-8-15(13)3)12(17)11-4-6-14-7-5-11/h4-7H,8-10H2,1-3H3. The van der Waals surface area contributed by atoms with Crippen LogP contribution in [0.3, 0.4) is 0 Å². The van der Waals surface area contributed by atoms with E-state index in [1.165, 1.54) is 0 Å². The Hall–Kier alpha value is -1.42. The van der Waals surface area contributed by atoms with E-state index in [1.54, 1.807) is 24.5 Å². The molecule has 92 valence electrons. The van der Waals surface area contributed by atoms with E-state index in [9.17, 15) is 4.79 Å². The zero-order chi connectivity index (χ0) is 12.5. The van der Waals surface area contributed by atoms with Gasteiger partial charge in [0.25, 0.3) is 5.91 Å². The molecular formula is C13H19N3O. The van der Waals surface area contributed by atoms with E-state index < -0.39 is 0 Å². The number of likely N-dealkylation sites (N-methyl/N-ethyl adjacent to an activating group) is 1. The van der Waals surface area contributed by atoms with Gasteiger partial charge in [0.15, 0.2) is 0 Å². The Kier molecular flexibility index (Phi) is 3.15. The molecule has 1 fully saturated rings. The number of carbonyl (C=O) groups is 1. The van der Waals surface area contributed by atoms with Crippen LogP contribution in [0.5, 0.6) is 0 Å². The Labute approximate surface area is 102 Å². The molecule has 0 aromatic carbocycles. The van der Waals surface area contributed by atoms with Crippen molar-refractivity contribution in [2.75, 3.05) is 26.7 Å². The highest BCUT2D eigenvalue weighted by Gasteiger charge is 2.33. The molecule has 0 unspecified atom stereocenters. The van der Waals surface area contributed by atoms with Crippen molar-refractivity contribution in [3.63, 3.8) is 0 Å². The van der Waals surface area contributed by atoms with Crippen LogP contribution in [0.1, 0.15) is 24.2 Å². The number of piperazine rings is 1. The molecule has 1 saturated heterocycles. The molecule has 0 saturated carbocycles. The van der Waals surface area contributed by atoms with Gasteiger partial charge in [0.2, 0.25) is 0 Å². The van der Waals surface area contributed by atoms with Crippen LogP contribution in [0.2, 0.25) is 0 Å². The van der Waals surface area contributed by atoms with Crippen LogP contribution in [0.4, 0.5) is 0 Å². The summed E-state index contributed by atoms with van der Waals surface area (Å²) in [5.41, 5.74) is 0.765. The second-order valence-electron chi connectivity index (χ2n) is 5.20. The first-order valence-electron chi connectivity index (χ1n) is 5.91.